The Kier molecular flexibility index (Phi) is 4.47. The van der Waals surface area contributed by atoms with Gasteiger partial charge in [-0.3, -0.25) is 4.79 Å². The van der Waals surface area contributed by atoms with Crippen LogP contribution in [0.1, 0.15) is 5.56 Å². The van der Waals surface area contributed by atoms with Gasteiger partial charge in [-0.1, -0.05) is 12.1 Å². The predicted octanol–water partition coefficient (Wildman–Crippen LogP) is -0.243. The molecule has 1 amide bonds. The number of aliphatic hydroxyl groups is 1. The predicted molar refractivity (Wildman–Crippen MR) is 58.5 cm³/mol. The molecule has 0 heterocycles. The molecule has 0 bridgehead atoms. The van der Waals surface area contributed by atoms with E-state index in [1.54, 1.807) is 31.4 Å². The number of amides is 1. The molecule has 0 aliphatic heterocycles. The van der Waals surface area contributed by atoms with Gasteiger partial charge >= 0.3 is 5.97 Å². The Labute approximate surface area is 97.8 Å². The van der Waals surface area contributed by atoms with Crippen molar-refractivity contribution in [3.8, 4) is 5.75 Å². The second-order valence-corrected chi connectivity index (χ2v) is 3.31. The zero-order chi connectivity index (χ0) is 12.8. The van der Waals surface area contributed by atoms with Gasteiger partial charge in [0.05, 0.1) is 7.11 Å². The standard InChI is InChI=1S/C11H13NO5/c1-17-8-4-2-7(3-5-8)6-12-10(14)9(13)11(15)16/h2-5,9,13H,6H2,1H3,(H,12,14)(H,15,16). The van der Waals surface area contributed by atoms with Gasteiger partial charge in [0.2, 0.25) is 6.10 Å². The van der Waals surface area contributed by atoms with Crippen molar-refractivity contribution in [3.05, 3.63) is 29.8 Å². The zero-order valence-electron chi connectivity index (χ0n) is 9.21. The summed E-state index contributed by atoms with van der Waals surface area (Å²) in [5.74, 6) is -1.82. The van der Waals surface area contributed by atoms with Crippen molar-refractivity contribution in [2.75, 3.05) is 7.11 Å². The quantitative estimate of drug-likeness (QED) is 0.616. The summed E-state index contributed by atoms with van der Waals surface area (Å²) < 4.78 is 4.96. The van der Waals surface area contributed by atoms with Crippen molar-refractivity contribution < 1.29 is 24.5 Å². The Morgan fingerprint density at radius 2 is 1.94 bits per heavy atom. The Balaban J connectivity index is 2.50. The molecular formula is C11H13NO5. The van der Waals surface area contributed by atoms with Gasteiger partial charge < -0.3 is 20.3 Å². The van der Waals surface area contributed by atoms with Crippen LogP contribution in [0.5, 0.6) is 5.75 Å². The van der Waals surface area contributed by atoms with E-state index in [0.29, 0.717) is 5.75 Å². The van der Waals surface area contributed by atoms with Crippen LogP contribution in [-0.4, -0.2) is 35.3 Å². The van der Waals surface area contributed by atoms with Crippen LogP contribution in [-0.2, 0) is 16.1 Å². The van der Waals surface area contributed by atoms with Gasteiger partial charge in [0, 0.05) is 6.54 Å². The SMILES string of the molecule is COc1ccc(CNC(=O)C(O)C(=O)O)cc1. The molecule has 1 aromatic carbocycles. The lowest BCUT2D eigenvalue weighted by Gasteiger charge is -2.08. The largest absolute Gasteiger partial charge is 0.497 e. The third-order valence-corrected chi connectivity index (χ3v) is 2.11. The molecule has 0 spiro atoms. The maximum atomic E-state index is 11.1. The van der Waals surface area contributed by atoms with E-state index in [1.165, 1.54) is 0 Å². The van der Waals surface area contributed by atoms with Gasteiger partial charge in [-0.15, -0.1) is 0 Å². The van der Waals surface area contributed by atoms with Crippen LogP contribution in [0.25, 0.3) is 0 Å². The summed E-state index contributed by atoms with van der Waals surface area (Å²) in [5.41, 5.74) is 0.775. The number of carbonyl (C=O) groups is 2. The molecule has 0 aliphatic rings. The number of hydrogen-bond acceptors (Lipinski definition) is 4. The van der Waals surface area contributed by atoms with E-state index < -0.39 is 18.0 Å². The van der Waals surface area contributed by atoms with Crippen molar-refractivity contribution in [1.29, 1.82) is 0 Å². The van der Waals surface area contributed by atoms with E-state index >= 15 is 0 Å². The first kappa shape index (κ1) is 13.0. The average Bonchev–Trinajstić information content (AvgIpc) is 2.35. The number of hydrogen-bond donors (Lipinski definition) is 3. The van der Waals surface area contributed by atoms with Crippen LogP contribution >= 0.6 is 0 Å². The smallest absolute Gasteiger partial charge is 0.342 e. The molecule has 0 aromatic heterocycles. The number of carboxylic acid groups (broad SMARTS) is 1. The molecule has 92 valence electrons. The van der Waals surface area contributed by atoms with Crippen LogP contribution in [0.2, 0.25) is 0 Å². The number of nitrogens with one attached hydrogen (secondary N) is 1. The first-order valence-corrected chi connectivity index (χ1v) is 4.86. The van der Waals surface area contributed by atoms with E-state index in [4.69, 9.17) is 14.9 Å². The molecule has 6 heteroatoms. The van der Waals surface area contributed by atoms with E-state index in [9.17, 15) is 9.59 Å². The summed E-state index contributed by atoms with van der Waals surface area (Å²) in [6, 6.07) is 6.89. The third kappa shape index (κ3) is 3.76. The summed E-state index contributed by atoms with van der Waals surface area (Å²) in [6.07, 6.45) is -2.03. The molecule has 1 aromatic rings. The van der Waals surface area contributed by atoms with E-state index in [-0.39, 0.29) is 6.54 Å². The minimum atomic E-state index is -2.03. The summed E-state index contributed by atoms with van der Waals surface area (Å²) in [7, 11) is 1.54. The van der Waals surface area contributed by atoms with Gasteiger partial charge in [-0.2, -0.15) is 0 Å². The molecule has 3 N–H and O–H groups in total. The topological polar surface area (TPSA) is 95.9 Å². The monoisotopic (exact) mass is 239 g/mol. The van der Waals surface area contributed by atoms with Crippen molar-refractivity contribution >= 4 is 11.9 Å². The van der Waals surface area contributed by atoms with Crippen LogP contribution in [0.3, 0.4) is 0 Å². The Morgan fingerprint density at radius 1 is 1.35 bits per heavy atom. The number of ether oxygens (including phenoxy) is 1. The van der Waals surface area contributed by atoms with Gasteiger partial charge in [0.1, 0.15) is 5.75 Å². The lowest BCUT2D eigenvalue weighted by atomic mass is 10.2. The van der Waals surface area contributed by atoms with Crippen molar-refractivity contribution in [2.24, 2.45) is 0 Å². The average molecular weight is 239 g/mol. The number of aliphatic hydroxyl groups excluding tert-OH is 1. The van der Waals surface area contributed by atoms with Crippen LogP contribution in [0.15, 0.2) is 24.3 Å². The van der Waals surface area contributed by atoms with E-state index in [2.05, 4.69) is 5.32 Å². The highest BCUT2D eigenvalue weighted by atomic mass is 16.5. The van der Waals surface area contributed by atoms with E-state index in [0.717, 1.165) is 5.56 Å². The Hall–Kier alpha value is -2.08. The molecule has 1 rings (SSSR count). The Morgan fingerprint density at radius 3 is 2.41 bits per heavy atom. The molecular weight excluding hydrogens is 226 g/mol. The highest BCUT2D eigenvalue weighted by molar-refractivity contribution is 5.99. The second-order valence-electron chi connectivity index (χ2n) is 3.31. The summed E-state index contributed by atoms with van der Waals surface area (Å²) >= 11 is 0. The number of carbonyl (C=O) groups excluding carboxylic acids is 1. The van der Waals surface area contributed by atoms with Crippen LogP contribution in [0, 0.1) is 0 Å². The molecule has 0 saturated carbocycles. The molecule has 1 unspecified atom stereocenters. The van der Waals surface area contributed by atoms with Gasteiger partial charge in [0.25, 0.3) is 5.91 Å². The molecule has 0 saturated heterocycles. The van der Waals surface area contributed by atoms with Gasteiger partial charge in [0.15, 0.2) is 0 Å². The second kappa shape index (κ2) is 5.86. The number of benzene rings is 1. The van der Waals surface area contributed by atoms with Gasteiger partial charge in [-0.25, -0.2) is 4.79 Å². The highest BCUT2D eigenvalue weighted by Crippen LogP contribution is 2.10. The van der Waals surface area contributed by atoms with Crippen molar-refractivity contribution in [2.45, 2.75) is 12.6 Å². The minimum absolute atomic E-state index is 0.146. The lowest BCUT2D eigenvalue weighted by molar-refractivity contribution is -0.152. The Bertz CT molecular complexity index is 401. The number of carboxylic acids is 1. The molecule has 1 atom stereocenters. The molecule has 0 fully saturated rings. The van der Waals surface area contributed by atoms with Crippen LogP contribution in [0.4, 0.5) is 0 Å². The summed E-state index contributed by atoms with van der Waals surface area (Å²) in [6.45, 7) is 0.146. The highest BCUT2D eigenvalue weighted by Gasteiger charge is 2.22. The first-order chi connectivity index (χ1) is 8.04. The van der Waals surface area contributed by atoms with Crippen LogP contribution < -0.4 is 10.1 Å². The van der Waals surface area contributed by atoms with E-state index in [1.807, 2.05) is 0 Å². The fourth-order valence-electron chi connectivity index (χ4n) is 1.14. The number of methoxy groups -OCH3 is 1. The fourth-order valence-corrected chi connectivity index (χ4v) is 1.14. The minimum Gasteiger partial charge on any atom is -0.497 e. The maximum Gasteiger partial charge on any atom is 0.342 e. The molecule has 0 aliphatic carbocycles. The maximum absolute atomic E-state index is 11.1. The fraction of sp³-hybridized carbons (Fsp3) is 0.273. The normalized spacial score (nSPS) is 11.6. The van der Waals surface area contributed by atoms with Crippen molar-refractivity contribution in [3.63, 3.8) is 0 Å². The number of aliphatic carboxylic acids is 1. The molecule has 6 nitrogen and oxygen atoms in total. The molecule has 0 radical (unpaired) electrons. The van der Waals surface area contributed by atoms with Gasteiger partial charge in [-0.05, 0) is 17.7 Å². The van der Waals surface area contributed by atoms with Crippen molar-refractivity contribution in [1.82, 2.24) is 5.32 Å². The number of rotatable bonds is 5. The third-order valence-electron chi connectivity index (χ3n) is 2.11. The molecule has 17 heavy (non-hydrogen) atoms. The summed E-state index contributed by atoms with van der Waals surface area (Å²) in [5, 5.41) is 19.6. The lowest BCUT2D eigenvalue weighted by Crippen LogP contribution is -2.39. The summed E-state index contributed by atoms with van der Waals surface area (Å²) in [4.78, 5) is 21.4. The first-order valence-electron chi connectivity index (χ1n) is 4.86. The zero-order valence-corrected chi connectivity index (χ0v) is 9.21.